The number of thiazole rings is 1. The van der Waals surface area contributed by atoms with E-state index in [0.29, 0.717) is 0 Å². The van der Waals surface area contributed by atoms with E-state index in [9.17, 15) is 4.39 Å². The van der Waals surface area contributed by atoms with Crippen LogP contribution in [0, 0.1) is 5.82 Å². The first kappa shape index (κ1) is 23.2. The normalized spacial score (nSPS) is 14.6. The number of rotatable bonds is 6. The molecule has 0 aliphatic carbocycles. The van der Waals surface area contributed by atoms with Gasteiger partial charge in [0.1, 0.15) is 16.5 Å². The zero-order chi connectivity index (χ0) is 22.2. The first-order chi connectivity index (χ1) is 16.3. The minimum Gasteiger partial charge on any atom is -0.347 e. The predicted molar refractivity (Wildman–Crippen MR) is 143 cm³/mol. The van der Waals surface area contributed by atoms with E-state index in [1.165, 1.54) is 32.4 Å². The van der Waals surface area contributed by atoms with Crippen LogP contribution in [0.15, 0.2) is 54.3 Å². The molecule has 34 heavy (non-hydrogen) atoms. The molecule has 6 rings (SSSR count). The number of nitrogens with zero attached hydrogens (tertiary/aromatic N) is 4. The molecule has 1 aromatic carbocycles. The van der Waals surface area contributed by atoms with Crippen LogP contribution in [0.25, 0.3) is 43.8 Å². The van der Waals surface area contributed by atoms with Crippen LogP contribution in [0.5, 0.6) is 0 Å². The van der Waals surface area contributed by atoms with Gasteiger partial charge >= 0.3 is 0 Å². The molecule has 0 atom stereocenters. The van der Waals surface area contributed by atoms with Crippen LogP contribution in [-0.4, -0.2) is 44.1 Å². The largest absolute Gasteiger partial charge is 0.347 e. The second-order valence-electron chi connectivity index (χ2n) is 8.79. The zero-order valence-corrected chi connectivity index (χ0v) is 21.4. The van der Waals surface area contributed by atoms with Gasteiger partial charge in [-0.25, -0.2) is 14.4 Å². The van der Waals surface area contributed by atoms with E-state index in [4.69, 9.17) is 4.98 Å². The topological polar surface area (TPSA) is 49.7 Å². The summed E-state index contributed by atoms with van der Waals surface area (Å²) in [5, 5.41) is 4.97. The average molecular weight is 541 g/mol. The lowest BCUT2D eigenvalue weighted by molar-refractivity contribution is 0.223. The van der Waals surface area contributed by atoms with Gasteiger partial charge in [0.2, 0.25) is 0 Å². The summed E-state index contributed by atoms with van der Waals surface area (Å²) in [6.07, 6.45) is 11.0. The van der Waals surface area contributed by atoms with Crippen molar-refractivity contribution < 1.29 is 4.39 Å². The van der Waals surface area contributed by atoms with Crippen molar-refractivity contribution in [2.24, 2.45) is 0 Å². The van der Waals surface area contributed by atoms with Crippen molar-refractivity contribution in [2.45, 2.75) is 32.2 Å². The number of aromatic nitrogens is 4. The summed E-state index contributed by atoms with van der Waals surface area (Å²) in [4.78, 5) is 15.1. The lowest BCUT2D eigenvalue weighted by atomic mass is 10.1. The number of fused-ring (bicyclic) bond motifs is 2. The van der Waals surface area contributed by atoms with Crippen LogP contribution in [0.1, 0.15) is 25.7 Å². The van der Waals surface area contributed by atoms with E-state index < -0.39 is 0 Å². The summed E-state index contributed by atoms with van der Waals surface area (Å²) in [6.45, 7) is 4.47. The number of benzene rings is 1. The van der Waals surface area contributed by atoms with E-state index in [-0.39, 0.29) is 22.8 Å². The first-order valence-electron chi connectivity index (χ1n) is 11.7. The molecule has 1 aliphatic rings. The maximum atomic E-state index is 14.2. The Morgan fingerprint density at radius 3 is 2.79 bits per heavy atom. The van der Waals surface area contributed by atoms with Crippen molar-refractivity contribution in [1.82, 2.24) is 24.4 Å². The van der Waals surface area contributed by atoms with Crippen molar-refractivity contribution in [2.75, 3.05) is 19.6 Å². The monoisotopic (exact) mass is 539 g/mol. The number of aromatic amines is 1. The standard InChI is InChI=1S/C26H26FN5S.BrH/c27-18-7-8-24-20(14-18)22(16-32(24)13-5-12-31-10-2-1-3-11-31)26-30-23(17-33-26)21-15-29-25-19(21)6-4-9-28-25;/h4,6-9,14-17H,1-3,5,10-13H2,(H,28,29);1H. The van der Waals surface area contributed by atoms with Gasteiger partial charge in [0.25, 0.3) is 0 Å². The van der Waals surface area contributed by atoms with E-state index in [1.54, 1.807) is 29.7 Å². The second kappa shape index (κ2) is 9.98. The van der Waals surface area contributed by atoms with E-state index in [2.05, 4.69) is 37.1 Å². The van der Waals surface area contributed by atoms with Crippen molar-refractivity contribution >= 4 is 50.3 Å². The molecule has 0 saturated carbocycles. The minimum absolute atomic E-state index is 0. The van der Waals surface area contributed by atoms with Crippen LogP contribution in [0.3, 0.4) is 0 Å². The summed E-state index contributed by atoms with van der Waals surface area (Å²) in [5.74, 6) is -0.214. The molecular weight excluding hydrogens is 513 g/mol. The predicted octanol–water partition coefficient (Wildman–Crippen LogP) is 6.90. The van der Waals surface area contributed by atoms with E-state index in [0.717, 1.165) is 63.3 Å². The molecule has 0 radical (unpaired) electrons. The Morgan fingerprint density at radius 1 is 1.03 bits per heavy atom. The molecule has 176 valence electrons. The smallest absolute Gasteiger partial charge is 0.137 e. The number of likely N-dealkylation sites (tertiary alicyclic amines) is 1. The Bertz CT molecular complexity index is 1420. The second-order valence-corrected chi connectivity index (χ2v) is 9.65. The molecule has 5 aromatic rings. The fraction of sp³-hybridized carbons (Fsp3) is 0.308. The van der Waals surface area contributed by atoms with Crippen LogP contribution in [-0.2, 0) is 6.54 Å². The van der Waals surface area contributed by atoms with E-state index in [1.807, 2.05) is 18.3 Å². The van der Waals surface area contributed by atoms with Crippen molar-refractivity contribution in [3.63, 3.8) is 0 Å². The molecule has 1 aliphatic heterocycles. The number of piperidine rings is 1. The van der Waals surface area contributed by atoms with Gasteiger partial charge in [-0.3, -0.25) is 0 Å². The maximum Gasteiger partial charge on any atom is 0.137 e. The number of halogens is 2. The Morgan fingerprint density at radius 2 is 1.91 bits per heavy atom. The Balaban J connectivity index is 0.00000241. The molecule has 0 spiro atoms. The van der Waals surface area contributed by atoms with Crippen molar-refractivity contribution in [3.8, 4) is 21.8 Å². The molecule has 5 heterocycles. The number of hydrogen-bond donors (Lipinski definition) is 1. The number of hydrogen-bond acceptors (Lipinski definition) is 4. The fourth-order valence-corrected chi connectivity index (χ4v) is 5.81. The fourth-order valence-electron chi connectivity index (χ4n) is 4.96. The third kappa shape index (κ3) is 4.42. The van der Waals surface area contributed by atoms with Crippen molar-refractivity contribution in [1.29, 1.82) is 0 Å². The third-order valence-corrected chi connectivity index (χ3v) is 7.50. The molecule has 1 fully saturated rings. The molecule has 5 nitrogen and oxygen atoms in total. The SMILES string of the molecule is Br.Fc1ccc2c(c1)c(-c1nc(-c3c[nH]c4ncccc34)cs1)cn2CCCN1CCCCC1. The summed E-state index contributed by atoms with van der Waals surface area (Å²) < 4.78 is 16.5. The van der Waals surface area contributed by atoms with Gasteiger partial charge in [-0.1, -0.05) is 6.42 Å². The lowest BCUT2D eigenvalue weighted by Gasteiger charge is -2.26. The minimum atomic E-state index is -0.214. The number of pyridine rings is 1. The third-order valence-electron chi connectivity index (χ3n) is 6.63. The van der Waals surface area contributed by atoms with Gasteiger partial charge < -0.3 is 14.5 Å². The van der Waals surface area contributed by atoms with Crippen LogP contribution in [0.2, 0.25) is 0 Å². The van der Waals surface area contributed by atoms with Crippen LogP contribution in [0.4, 0.5) is 4.39 Å². The highest BCUT2D eigenvalue weighted by Crippen LogP contribution is 2.37. The van der Waals surface area contributed by atoms with Gasteiger partial charge in [-0.15, -0.1) is 28.3 Å². The molecular formula is C26H27BrFN5S. The van der Waals surface area contributed by atoms with Gasteiger partial charge in [0, 0.05) is 57.9 Å². The van der Waals surface area contributed by atoms with Crippen molar-refractivity contribution in [3.05, 3.63) is 60.1 Å². The maximum absolute atomic E-state index is 14.2. The quantitative estimate of drug-likeness (QED) is 0.255. The first-order valence-corrected chi connectivity index (χ1v) is 12.5. The molecule has 1 saturated heterocycles. The molecule has 0 amide bonds. The zero-order valence-electron chi connectivity index (χ0n) is 18.8. The van der Waals surface area contributed by atoms with Crippen LogP contribution < -0.4 is 0 Å². The Hall–Kier alpha value is -2.55. The van der Waals surface area contributed by atoms with Gasteiger partial charge in [-0.2, -0.15) is 0 Å². The highest BCUT2D eigenvalue weighted by atomic mass is 79.9. The number of H-pyrrole nitrogens is 1. The molecule has 4 aromatic heterocycles. The molecule has 0 bridgehead atoms. The highest BCUT2D eigenvalue weighted by Gasteiger charge is 2.17. The van der Waals surface area contributed by atoms with E-state index >= 15 is 0 Å². The summed E-state index contributed by atoms with van der Waals surface area (Å²) in [7, 11) is 0. The molecule has 0 unspecified atom stereocenters. The summed E-state index contributed by atoms with van der Waals surface area (Å²) >= 11 is 1.60. The van der Waals surface area contributed by atoms with Gasteiger partial charge in [-0.05, 0) is 69.2 Å². The number of aryl methyl sites for hydroxylation is 1. The van der Waals surface area contributed by atoms with Gasteiger partial charge in [0.15, 0.2) is 0 Å². The Labute approximate surface area is 212 Å². The van der Waals surface area contributed by atoms with Gasteiger partial charge in [0.05, 0.1) is 5.69 Å². The average Bonchev–Trinajstić information content (AvgIpc) is 3.56. The molecule has 1 N–H and O–H groups in total. The molecule has 8 heteroatoms. The Kier molecular flexibility index (Phi) is 6.81. The highest BCUT2D eigenvalue weighted by molar-refractivity contribution is 8.93. The number of nitrogens with one attached hydrogen (secondary N) is 1. The lowest BCUT2D eigenvalue weighted by Crippen LogP contribution is -2.31. The summed E-state index contributed by atoms with van der Waals surface area (Å²) in [6, 6.07) is 9.08. The van der Waals surface area contributed by atoms with Crippen LogP contribution >= 0.6 is 28.3 Å². The summed E-state index contributed by atoms with van der Waals surface area (Å²) in [5.41, 5.74) is 4.87.